The van der Waals surface area contributed by atoms with E-state index in [9.17, 15) is 9.59 Å². The fraction of sp³-hybridized carbons (Fsp3) is 0.300. The third kappa shape index (κ3) is 6.45. The highest BCUT2D eigenvalue weighted by atomic mass is 35.5. The Hall–Kier alpha value is -2.24. The third-order valence-electron chi connectivity index (χ3n) is 3.76. The van der Waals surface area contributed by atoms with E-state index in [1.807, 2.05) is 13.8 Å². The van der Waals surface area contributed by atoms with Crippen molar-refractivity contribution in [2.24, 2.45) is 5.92 Å². The SMILES string of the molecule is CC(C)C(=O)NCCNC(=O)c1ccccc1OCc1ccc(Cl)cc1Cl. The maximum absolute atomic E-state index is 12.4. The van der Waals surface area contributed by atoms with Crippen molar-refractivity contribution >= 4 is 35.0 Å². The number of nitrogens with one attached hydrogen (secondary N) is 2. The molecule has 5 nitrogen and oxygen atoms in total. The molecule has 0 bridgehead atoms. The average molecular weight is 409 g/mol. The minimum Gasteiger partial charge on any atom is -0.488 e. The maximum Gasteiger partial charge on any atom is 0.255 e. The second-order valence-corrected chi connectivity index (χ2v) is 7.07. The van der Waals surface area contributed by atoms with Gasteiger partial charge in [0.15, 0.2) is 0 Å². The van der Waals surface area contributed by atoms with Crippen LogP contribution in [0.2, 0.25) is 10.0 Å². The van der Waals surface area contributed by atoms with Crippen LogP contribution in [0.3, 0.4) is 0 Å². The van der Waals surface area contributed by atoms with Crippen LogP contribution in [-0.2, 0) is 11.4 Å². The molecule has 0 aromatic heterocycles. The highest BCUT2D eigenvalue weighted by Crippen LogP contribution is 2.24. The quantitative estimate of drug-likeness (QED) is 0.646. The van der Waals surface area contributed by atoms with Gasteiger partial charge >= 0.3 is 0 Å². The summed E-state index contributed by atoms with van der Waals surface area (Å²) in [7, 11) is 0. The van der Waals surface area contributed by atoms with Crippen LogP contribution in [0.5, 0.6) is 5.75 Å². The topological polar surface area (TPSA) is 67.4 Å². The lowest BCUT2D eigenvalue weighted by Gasteiger charge is -2.13. The molecule has 0 saturated carbocycles. The summed E-state index contributed by atoms with van der Waals surface area (Å²) in [5.74, 6) is 0.0428. The molecule has 0 aliphatic carbocycles. The van der Waals surface area contributed by atoms with E-state index in [0.29, 0.717) is 34.4 Å². The summed E-state index contributed by atoms with van der Waals surface area (Å²) in [5, 5.41) is 6.58. The van der Waals surface area contributed by atoms with Crippen LogP contribution in [0.15, 0.2) is 42.5 Å². The molecule has 2 aromatic rings. The lowest BCUT2D eigenvalue weighted by atomic mass is 10.2. The normalized spacial score (nSPS) is 10.6. The van der Waals surface area contributed by atoms with Crippen LogP contribution in [0.4, 0.5) is 0 Å². The molecule has 7 heteroatoms. The average Bonchev–Trinajstić information content (AvgIpc) is 2.64. The van der Waals surface area contributed by atoms with Crippen molar-refractivity contribution < 1.29 is 14.3 Å². The second-order valence-electron chi connectivity index (χ2n) is 6.22. The number of carbonyl (C=O) groups excluding carboxylic acids is 2. The van der Waals surface area contributed by atoms with Crippen molar-refractivity contribution in [3.05, 3.63) is 63.6 Å². The van der Waals surface area contributed by atoms with E-state index >= 15 is 0 Å². The Morgan fingerprint density at radius 1 is 1.04 bits per heavy atom. The molecule has 0 spiro atoms. The molecular formula is C20H22Cl2N2O3. The van der Waals surface area contributed by atoms with Gasteiger partial charge in [-0.1, -0.05) is 55.2 Å². The summed E-state index contributed by atoms with van der Waals surface area (Å²) < 4.78 is 5.78. The zero-order valence-electron chi connectivity index (χ0n) is 15.2. The van der Waals surface area contributed by atoms with E-state index in [1.54, 1.807) is 42.5 Å². The van der Waals surface area contributed by atoms with E-state index in [2.05, 4.69) is 10.6 Å². The van der Waals surface area contributed by atoms with Crippen molar-refractivity contribution in [2.75, 3.05) is 13.1 Å². The first-order chi connectivity index (χ1) is 12.9. The lowest BCUT2D eigenvalue weighted by Crippen LogP contribution is -2.36. The zero-order chi connectivity index (χ0) is 19.8. The number of hydrogen-bond donors (Lipinski definition) is 2. The van der Waals surface area contributed by atoms with Gasteiger partial charge in [-0.2, -0.15) is 0 Å². The van der Waals surface area contributed by atoms with Gasteiger partial charge in [0.25, 0.3) is 5.91 Å². The number of amides is 2. The van der Waals surface area contributed by atoms with E-state index < -0.39 is 0 Å². The number of hydrogen-bond acceptors (Lipinski definition) is 3. The number of carbonyl (C=O) groups is 2. The molecule has 0 unspecified atom stereocenters. The highest BCUT2D eigenvalue weighted by molar-refractivity contribution is 6.35. The lowest BCUT2D eigenvalue weighted by molar-refractivity contribution is -0.123. The number of benzene rings is 2. The van der Waals surface area contributed by atoms with Crippen molar-refractivity contribution in [2.45, 2.75) is 20.5 Å². The van der Waals surface area contributed by atoms with Gasteiger partial charge in [-0.15, -0.1) is 0 Å². The predicted molar refractivity (Wildman–Crippen MR) is 107 cm³/mol. The summed E-state index contributed by atoms with van der Waals surface area (Å²) in [4.78, 5) is 23.9. The van der Waals surface area contributed by atoms with Gasteiger partial charge in [0.2, 0.25) is 5.91 Å². The predicted octanol–water partition coefficient (Wildman–Crippen LogP) is 4.07. The zero-order valence-corrected chi connectivity index (χ0v) is 16.7. The molecule has 2 rings (SSSR count). The van der Waals surface area contributed by atoms with Gasteiger partial charge in [0.1, 0.15) is 12.4 Å². The molecule has 0 aliphatic rings. The van der Waals surface area contributed by atoms with E-state index in [0.717, 1.165) is 5.56 Å². The largest absolute Gasteiger partial charge is 0.488 e. The summed E-state index contributed by atoms with van der Waals surface area (Å²) in [5.41, 5.74) is 1.19. The first kappa shape index (κ1) is 21.1. The van der Waals surface area contributed by atoms with Crippen LogP contribution >= 0.6 is 23.2 Å². The Morgan fingerprint density at radius 3 is 2.44 bits per heavy atom. The van der Waals surface area contributed by atoms with E-state index in [-0.39, 0.29) is 24.3 Å². The minimum absolute atomic E-state index is 0.0483. The molecule has 0 saturated heterocycles. The second kappa shape index (κ2) is 10.2. The molecular weight excluding hydrogens is 387 g/mol. The van der Waals surface area contributed by atoms with Crippen molar-refractivity contribution in [3.63, 3.8) is 0 Å². The van der Waals surface area contributed by atoms with E-state index in [4.69, 9.17) is 27.9 Å². The summed E-state index contributed by atoms with van der Waals surface area (Å²) in [6, 6.07) is 12.1. The molecule has 0 aliphatic heterocycles. The third-order valence-corrected chi connectivity index (χ3v) is 4.35. The molecule has 0 atom stereocenters. The Balaban J connectivity index is 1.94. The number of rotatable bonds is 8. The summed E-state index contributed by atoms with van der Waals surface area (Å²) in [6.07, 6.45) is 0. The van der Waals surface area contributed by atoms with Crippen molar-refractivity contribution in [1.82, 2.24) is 10.6 Å². The van der Waals surface area contributed by atoms with Crippen molar-refractivity contribution in [3.8, 4) is 5.75 Å². The Labute approximate surface area is 169 Å². The van der Waals surface area contributed by atoms with Gasteiger partial charge in [0, 0.05) is 34.6 Å². The fourth-order valence-electron chi connectivity index (χ4n) is 2.24. The van der Waals surface area contributed by atoms with Gasteiger partial charge in [-0.25, -0.2) is 0 Å². The molecule has 2 N–H and O–H groups in total. The minimum atomic E-state index is -0.272. The van der Waals surface area contributed by atoms with Gasteiger partial charge in [-0.05, 0) is 24.3 Å². The first-order valence-electron chi connectivity index (χ1n) is 8.60. The van der Waals surface area contributed by atoms with Crippen LogP contribution in [0.25, 0.3) is 0 Å². The number of para-hydroxylation sites is 1. The van der Waals surface area contributed by atoms with Crippen LogP contribution in [0, 0.1) is 5.92 Å². The first-order valence-corrected chi connectivity index (χ1v) is 9.35. The molecule has 0 radical (unpaired) electrons. The monoisotopic (exact) mass is 408 g/mol. The molecule has 144 valence electrons. The maximum atomic E-state index is 12.4. The van der Waals surface area contributed by atoms with Gasteiger partial charge in [0.05, 0.1) is 5.56 Å². The van der Waals surface area contributed by atoms with Crippen LogP contribution in [-0.4, -0.2) is 24.9 Å². The standard InChI is InChI=1S/C20H22Cl2N2O3/c1-13(2)19(25)23-9-10-24-20(26)16-5-3-4-6-18(16)27-12-14-7-8-15(21)11-17(14)22/h3-8,11,13H,9-10,12H2,1-2H3,(H,23,25)(H,24,26). The van der Waals surface area contributed by atoms with Crippen molar-refractivity contribution in [1.29, 1.82) is 0 Å². The Kier molecular flexibility index (Phi) is 7.95. The summed E-state index contributed by atoms with van der Waals surface area (Å²) in [6.45, 7) is 4.54. The Bertz CT molecular complexity index is 810. The molecule has 2 amide bonds. The van der Waals surface area contributed by atoms with Crippen LogP contribution < -0.4 is 15.4 Å². The molecule has 0 fully saturated rings. The molecule has 27 heavy (non-hydrogen) atoms. The number of ether oxygens (including phenoxy) is 1. The Morgan fingerprint density at radius 2 is 1.74 bits per heavy atom. The fourth-order valence-corrected chi connectivity index (χ4v) is 2.70. The smallest absolute Gasteiger partial charge is 0.255 e. The summed E-state index contributed by atoms with van der Waals surface area (Å²) >= 11 is 12.0. The van der Waals surface area contributed by atoms with E-state index in [1.165, 1.54) is 0 Å². The molecule has 0 heterocycles. The molecule has 2 aromatic carbocycles. The number of halogens is 2. The van der Waals surface area contributed by atoms with Gasteiger partial charge in [-0.3, -0.25) is 9.59 Å². The highest BCUT2D eigenvalue weighted by Gasteiger charge is 2.13. The van der Waals surface area contributed by atoms with Crippen LogP contribution in [0.1, 0.15) is 29.8 Å². The van der Waals surface area contributed by atoms with Gasteiger partial charge < -0.3 is 15.4 Å².